The van der Waals surface area contributed by atoms with Crippen molar-refractivity contribution >= 4 is 12.0 Å². The molecule has 0 radical (unpaired) electrons. The van der Waals surface area contributed by atoms with Crippen LogP contribution < -0.4 is 5.32 Å². The van der Waals surface area contributed by atoms with E-state index in [2.05, 4.69) is 15.5 Å². The number of amides is 2. The van der Waals surface area contributed by atoms with Crippen LogP contribution in [0.4, 0.5) is 4.79 Å². The minimum absolute atomic E-state index is 0.300. The average molecular weight is 294 g/mol. The second-order valence-corrected chi connectivity index (χ2v) is 5.98. The monoisotopic (exact) mass is 294 g/mol. The van der Waals surface area contributed by atoms with Gasteiger partial charge in [-0.05, 0) is 18.8 Å². The van der Waals surface area contributed by atoms with Crippen LogP contribution >= 0.6 is 0 Å². The lowest BCUT2D eigenvalue weighted by atomic mass is 9.76. The fourth-order valence-electron chi connectivity index (χ4n) is 2.92. The molecule has 0 saturated heterocycles. The van der Waals surface area contributed by atoms with Gasteiger partial charge in [0.25, 0.3) is 0 Å². The molecule has 7 nitrogen and oxygen atoms in total. The van der Waals surface area contributed by atoms with Crippen molar-refractivity contribution in [1.82, 2.24) is 20.4 Å². The van der Waals surface area contributed by atoms with Gasteiger partial charge in [0, 0.05) is 18.8 Å². The molecule has 2 rings (SSSR count). The van der Waals surface area contributed by atoms with Crippen molar-refractivity contribution < 1.29 is 14.7 Å². The maximum absolute atomic E-state index is 12.3. The van der Waals surface area contributed by atoms with Crippen molar-refractivity contribution in [3.05, 3.63) is 18.0 Å². The number of carboxylic acid groups (broad SMARTS) is 1. The van der Waals surface area contributed by atoms with Crippen LogP contribution in [0.5, 0.6) is 0 Å². The van der Waals surface area contributed by atoms with Crippen LogP contribution in [0.2, 0.25) is 0 Å². The van der Waals surface area contributed by atoms with Gasteiger partial charge in [-0.15, -0.1) is 0 Å². The Morgan fingerprint density at radius 3 is 2.95 bits per heavy atom. The van der Waals surface area contributed by atoms with E-state index < -0.39 is 11.5 Å². The van der Waals surface area contributed by atoms with Crippen LogP contribution in [0.3, 0.4) is 0 Å². The van der Waals surface area contributed by atoms with E-state index in [1.807, 2.05) is 6.92 Å². The Morgan fingerprint density at radius 2 is 2.38 bits per heavy atom. The van der Waals surface area contributed by atoms with Crippen LogP contribution in [0, 0.1) is 5.92 Å². The molecule has 1 aliphatic carbocycles. The predicted molar refractivity (Wildman–Crippen MR) is 76.6 cm³/mol. The molecular formula is C14H22N4O3. The third kappa shape index (κ3) is 3.53. The van der Waals surface area contributed by atoms with Crippen molar-refractivity contribution in [2.24, 2.45) is 5.92 Å². The quantitative estimate of drug-likeness (QED) is 0.785. The van der Waals surface area contributed by atoms with E-state index in [0.717, 1.165) is 18.4 Å². The second-order valence-electron chi connectivity index (χ2n) is 5.98. The summed E-state index contributed by atoms with van der Waals surface area (Å²) >= 11 is 0. The summed E-state index contributed by atoms with van der Waals surface area (Å²) in [6.45, 7) is 2.41. The maximum Gasteiger partial charge on any atom is 0.329 e. The number of H-pyrrole nitrogens is 1. The minimum atomic E-state index is -1.14. The molecule has 1 aromatic rings. The highest BCUT2D eigenvalue weighted by molar-refractivity contribution is 5.86. The zero-order valence-corrected chi connectivity index (χ0v) is 12.4. The first-order valence-electron chi connectivity index (χ1n) is 7.17. The van der Waals surface area contributed by atoms with Crippen molar-refractivity contribution in [3.8, 4) is 0 Å². The van der Waals surface area contributed by atoms with Crippen molar-refractivity contribution in [3.63, 3.8) is 0 Å². The summed E-state index contributed by atoms with van der Waals surface area (Å²) in [7, 11) is 1.64. The molecule has 21 heavy (non-hydrogen) atoms. The lowest BCUT2D eigenvalue weighted by Crippen LogP contribution is -2.59. The van der Waals surface area contributed by atoms with Gasteiger partial charge in [-0.1, -0.05) is 19.8 Å². The molecule has 1 aromatic heterocycles. The Bertz CT molecular complexity index is 502. The Hall–Kier alpha value is -2.05. The first-order chi connectivity index (χ1) is 9.93. The number of hydrogen-bond acceptors (Lipinski definition) is 3. The third-order valence-electron chi connectivity index (χ3n) is 4.07. The summed E-state index contributed by atoms with van der Waals surface area (Å²) in [6, 6.07) is -0.368. The normalized spacial score (nSPS) is 25.3. The van der Waals surface area contributed by atoms with E-state index in [9.17, 15) is 14.7 Å². The van der Waals surface area contributed by atoms with E-state index in [1.54, 1.807) is 19.4 Å². The summed E-state index contributed by atoms with van der Waals surface area (Å²) in [5.41, 5.74) is -0.270. The van der Waals surface area contributed by atoms with Gasteiger partial charge in [0.1, 0.15) is 5.54 Å². The highest BCUT2D eigenvalue weighted by atomic mass is 16.4. The van der Waals surface area contributed by atoms with Gasteiger partial charge in [-0.3, -0.25) is 5.10 Å². The minimum Gasteiger partial charge on any atom is -0.480 e. The zero-order valence-electron chi connectivity index (χ0n) is 12.4. The molecule has 2 unspecified atom stereocenters. The number of carboxylic acids is 1. The van der Waals surface area contributed by atoms with Gasteiger partial charge in [0.05, 0.1) is 12.7 Å². The molecule has 2 amide bonds. The summed E-state index contributed by atoms with van der Waals surface area (Å²) in [4.78, 5) is 25.4. The van der Waals surface area contributed by atoms with Crippen LogP contribution in [-0.4, -0.2) is 44.8 Å². The Balaban J connectivity index is 2.02. The highest BCUT2D eigenvalue weighted by Crippen LogP contribution is 2.32. The standard InChI is InChI=1S/C14H22N4O3/c1-10-4-3-5-14(6-10,12(19)20)17-13(21)18(2)9-11-7-15-16-8-11/h7-8,10H,3-6,9H2,1-2H3,(H,15,16)(H,17,21)(H,19,20). The number of aromatic amines is 1. The van der Waals surface area contributed by atoms with Gasteiger partial charge in [-0.25, -0.2) is 9.59 Å². The molecule has 1 aliphatic rings. The molecule has 0 spiro atoms. The van der Waals surface area contributed by atoms with E-state index >= 15 is 0 Å². The van der Waals surface area contributed by atoms with Crippen molar-refractivity contribution in [1.29, 1.82) is 0 Å². The van der Waals surface area contributed by atoms with Gasteiger partial charge in [0.2, 0.25) is 0 Å². The molecule has 0 bridgehead atoms. The zero-order chi connectivity index (χ0) is 15.5. The number of nitrogens with zero attached hydrogens (tertiary/aromatic N) is 2. The lowest BCUT2D eigenvalue weighted by molar-refractivity contribution is -0.146. The average Bonchev–Trinajstić information content (AvgIpc) is 2.91. The number of rotatable bonds is 4. The lowest BCUT2D eigenvalue weighted by Gasteiger charge is -2.38. The van der Waals surface area contributed by atoms with E-state index in [-0.39, 0.29) is 6.03 Å². The van der Waals surface area contributed by atoms with Gasteiger partial charge in [0.15, 0.2) is 0 Å². The molecule has 116 valence electrons. The molecular weight excluding hydrogens is 272 g/mol. The van der Waals surface area contributed by atoms with E-state index in [0.29, 0.717) is 25.3 Å². The predicted octanol–water partition coefficient (Wildman–Crippen LogP) is 1.58. The topological polar surface area (TPSA) is 98.3 Å². The molecule has 0 aromatic carbocycles. The third-order valence-corrected chi connectivity index (χ3v) is 4.07. The number of aromatic nitrogens is 2. The summed E-state index contributed by atoms with van der Waals surface area (Å²) in [6.07, 6.45) is 6.14. The van der Waals surface area contributed by atoms with E-state index in [4.69, 9.17) is 0 Å². The largest absolute Gasteiger partial charge is 0.480 e. The maximum atomic E-state index is 12.3. The smallest absolute Gasteiger partial charge is 0.329 e. The fraction of sp³-hybridized carbons (Fsp3) is 0.643. The summed E-state index contributed by atoms with van der Waals surface area (Å²) < 4.78 is 0. The van der Waals surface area contributed by atoms with Crippen molar-refractivity contribution in [2.75, 3.05) is 7.05 Å². The van der Waals surface area contributed by atoms with Gasteiger partial charge in [-0.2, -0.15) is 5.10 Å². The molecule has 1 heterocycles. The number of nitrogens with one attached hydrogen (secondary N) is 2. The SMILES string of the molecule is CC1CCCC(NC(=O)N(C)Cc2cn[nH]c2)(C(=O)O)C1. The Kier molecular flexibility index (Phi) is 4.50. The number of hydrogen-bond donors (Lipinski definition) is 3. The first kappa shape index (κ1) is 15.3. The van der Waals surface area contributed by atoms with Gasteiger partial charge >= 0.3 is 12.0 Å². The second kappa shape index (κ2) is 6.15. The number of urea groups is 1. The first-order valence-corrected chi connectivity index (χ1v) is 7.17. The van der Waals surface area contributed by atoms with Crippen LogP contribution in [0.25, 0.3) is 0 Å². The van der Waals surface area contributed by atoms with Gasteiger partial charge < -0.3 is 15.3 Å². The molecule has 1 saturated carbocycles. The van der Waals surface area contributed by atoms with Crippen LogP contribution in [-0.2, 0) is 11.3 Å². The Labute approximate surface area is 123 Å². The van der Waals surface area contributed by atoms with Crippen molar-refractivity contribution in [2.45, 2.75) is 44.7 Å². The highest BCUT2D eigenvalue weighted by Gasteiger charge is 2.43. The molecule has 0 aliphatic heterocycles. The molecule has 2 atom stereocenters. The molecule has 7 heteroatoms. The summed E-state index contributed by atoms with van der Waals surface area (Å²) in [5, 5.41) is 18.8. The number of carbonyl (C=O) groups is 2. The van der Waals surface area contributed by atoms with E-state index in [1.165, 1.54) is 4.90 Å². The molecule has 3 N–H and O–H groups in total. The van der Waals surface area contributed by atoms with Crippen LogP contribution in [0.15, 0.2) is 12.4 Å². The van der Waals surface area contributed by atoms with Crippen LogP contribution in [0.1, 0.15) is 38.2 Å². The summed E-state index contributed by atoms with van der Waals surface area (Å²) in [5.74, 6) is -0.645. The molecule has 1 fully saturated rings. The fourth-order valence-corrected chi connectivity index (χ4v) is 2.92. The number of aliphatic carboxylic acids is 1. The Morgan fingerprint density at radius 1 is 1.62 bits per heavy atom. The number of carbonyl (C=O) groups excluding carboxylic acids is 1.